The summed E-state index contributed by atoms with van der Waals surface area (Å²) in [7, 11) is 0. The summed E-state index contributed by atoms with van der Waals surface area (Å²) in [6.45, 7) is 4.39. The van der Waals surface area contributed by atoms with E-state index < -0.39 is 0 Å². The normalized spacial score (nSPS) is 13.9. The number of ether oxygens (including phenoxy) is 1. The van der Waals surface area contributed by atoms with E-state index in [4.69, 9.17) is 9.72 Å². The Morgan fingerprint density at radius 3 is 2.60 bits per heavy atom. The molecule has 1 fully saturated rings. The van der Waals surface area contributed by atoms with E-state index in [-0.39, 0.29) is 11.9 Å². The molecular formula is C22H22FN5O2. The van der Waals surface area contributed by atoms with Gasteiger partial charge in [-0.25, -0.2) is 19.2 Å². The Labute approximate surface area is 174 Å². The van der Waals surface area contributed by atoms with E-state index in [2.05, 4.69) is 14.9 Å². The van der Waals surface area contributed by atoms with Gasteiger partial charge in [0.1, 0.15) is 11.6 Å². The summed E-state index contributed by atoms with van der Waals surface area (Å²) in [4.78, 5) is 29.2. The number of halogens is 1. The van der Waals surface area contributed by atoms with Crippen LogP contribution in [0.15, 0.2) is 54.9 Å². The van der Waals surface area contributed by atoms with E-state index in [1.807, 2.05) is 12.1 Å². The molecule has 154 valence electrons. The maximum absolute atomic E-state index is 14.5. The third kappa shape index (κ3) is 4.22. The van der Waals surface area contributed by atoms with Gasteiger partial charge in [-0.2, -0.15) is 0 Å². The van der Waals surface area contributed by atoms with Crippen LogP contribution in [0.25, 0.3) is 22.6 Å². The highest BCUT2D eigenvalue weighted by molar-refractivity contribution is 5.69. The van der Waals surface area contributed by atoms with Crippen molar-refractivity contribution in [2.24, 2.45) is 0 Å². The molecule has 2 aromatic heterocycles. The molecule has 8 heteroatoms. The van der Waals surface area contributed by atoms with Crippen LogP contribution in [-0.4, -0.2) is 58.7 Å². The van der Waals surface area contributed by atoms with Crippen LogP contribution in [0.2, 0.25) is 0 Å². The van der Waals surface area contributed by atoms with Gasteiger partial charge in [0, 0.05) is 55.8 Å². The number of benzene rings is 1. The van der Waals surface area contributed by atoms with E-state index in [1.165, 1.54) is 6.07 Å². The standard InChI is InChI=1S/C22H22FN5O2/c1-2-30-22(29)28-12-10-27(11-13-28)20-14-19(17-7-3-4-8-18(17)23)25-21(26-20)16-6-5-9-24-15-16/h3-9,14-15H,2,10-13H2,1H3. The Kier molecular flexibility index (Phi) is 5.83. The first-order chi connectivity index (χ1) is 14.7. The monoisotopic (exact) mass is 407 g/mol. The highest BCUT2D eigenvalue weighted by Crippen LogP contribution is 2.28. The number of carbonyl (C=O) groups excluding carboxylic acids is 1. The zero-order valence-electron chi connectivity index (χ0n) is 16.7. The summed E-state index contributed by atoms with van der Waals surface area (Å²) >= 11 is 0. The van der Waals surface area contributed by atoms with Crippen molar-refractivity contribution in [1.82, 2.24) is 19.9 Å². The fraction of sp³-hybridized carbons (Fsp3) is 0.273. The summed E-state index contributed by atoms with van der Waals surface area (Å²) < 4.78 is 19.5. The first-order valence-corrected chi connectivity index (χ1v) is 9.86. The number of anilines is 1. The smallest absolute Gasteiger partial charge is 0.409 e. The van der Waals surface area contributed by atoms with Crippen molar-refractivity contribution in [2.45, 2.75) is 6.92 Å². The molecule has 0 radical (unpaired) electrons. The lowest BCUT2D eigenvalue weighted by atomic mass is 10.1. The van der Waals surface area contributed by atoms with Crippen LogP contribution in [0.3, 0.4) is 0 Å². The van der Waals surface area contributed by atoms with Gasteiger partial charge in [0.2, 0.25) is 0 Å². The Morgan fingerprint density at radius 1 is 1.10 bits per heavy atom. The van der Waals surface area contributed by atoms with Crippen molar-refractivity contribution >= 4 is 11.9 Å². The van der Waals surface area contributed by atoms with Crippen LogP contribution < -0.4 is 4.90 Å². The molecule has 4 rings (SSSR count). The number of carbonyl (C=O) groups is 1. The van der Waals surface area contributed by atoms with Crippen LogP contribution in [0, 0.1) is 5.82 Å². The number of nitrogens with zero attached hydrogens (tertiary/aromatic N) is 5. The fourth-order valence-corrected chi connectivity index (χ4v) is 3.36. The van der Waals surface area contributed by atoms with Gasteiger partial charge in [0.05, 0.1) is 12.3 Å². The topological polar surface area (TPSA) is 71.5 Å². The number of amides is 1. The Balaban J connectivity index is 1.67. The van der Waals surface area contributed by atoms with Gasteiger partial charge < -0.3 is 14.5 Å². The number of piperazine rings is 1. The van der Waals surface area contributed by atoms with Gasteiger partial charge in [0.15, 0.2) is 5.82 Å². The number of rotatable bonds is 4. The molecule has 1 saturated heterocycles. The van der Waals surface area contributed by atoms with Crippen molar-refractivity contribution in [3.05, 3.63) is 60.7 Å². The Bertz CT molecular complexity index is 1020. The largest absolute Gasteiger partial charge is 0.450 e. The summed E-state index contributed by atoms with van der Waals surface area (Å²) in [5.41, 5.74) is 1.67. The third-order valence-electron chi connectivity index (χ3n) is 4.91. The molecule has 0 bridgehead atoms. The lowest BCUT2D eigenvalue weighted by Crippen LogP contribution is -2.49. The van der Waals surface area contributed by atoms with Crippen molar-refractivity contribution in [1.29, 1.82) is 0 Å². The second kappa shape index (κ2) is 8.86. The molecule has 0 spiro atoms. The van der Waals surface area contributed by atoms with E-state index in [0.717, 1.165) is 5.56 Å². The molecule has 1 aliphatic heterocycles. The van der Waals surface area contributed by atoms with Gasteiger partial charge >= 0.3 is 6.09 Å². The minimum Gasteiger partial charge on any atom is -0.450 e. The minimum absolute atomic E-state index is 0.303. The highest BCUT2D eigenvalue weighted by Gasteiger charge is 2.24. The maximum atomic E-state index is 14.5. The predicted molar refractivity (Wildman–Crippen MR) is 111 cm³/mol. The minimum atomic E-state index is -0.341. The molecule has 0 unspecified atom stereocenters. The van der Waals surface area contributed by atoms with E-state index in [9.17, 15) is 9.18 Å². The molecule has 0 N–H and O–H groups in total. The third-order valence-corrected chi connectivity index (χ3v) is 4.91. The van der Waals surface area contributed by atoms with Crippen LogP contribution in [0.4, 0.5) is 15.0 Å². The summed E-state index contributed by atoms with van der Waals surface area (Å²) in [6, 6.07) is 12.0. The number of pyridine rings is 1. The number of hydrogen-bond acceptors (Lipinski definition) is 6. The Morgan fingerprint density at radius 2 is 1.90 bits per heavy atom. The zero-order chi connectivity index (χ0) is 20.9. The van der Waals surface area contributed by atoms with Gasteiger partial charge in [-0.05, 0) is 31.2 Å². The van der Waals surface area contributed by atoms with Crippen LogP contribution in [0.1, 0.15) is 6.92 Å². The van der Waals surface area contributed by atoms with Crippen LogP contribution in [0.5, 0.6) is 0 Å². The van der Waals surface area contributed by atoms with Crippen molar-refractivity contribution < 1.29 is 13.9 Å². The lowest BCUT2D eigenvalue weighted by Gasteiger charge is -2.35. The second-order valence-electron chi connectivity index (χ2n) is 6.83. The first kappa shape index (κ1) is 19.8. The second-order valence-corrected chi connectivity index (χ2v) is 6.83. The maximum Gasteiger partial charge on any atom is 0.409 e. The first-order valence-electron chi connectivity index (χ1n) is 9.86. The number of aromatic nitrogens is 3. The van der Waals surface area contributed by atoms with Crippen molar-refractivity contribution in [2.75, 3.05) is 37.7 Å². The number of hydrogen-bond donors (Lipinski definition) is 0. The van der Waals surface area contributed by atoms with Gasteiger partial charge in [-0.3, -0.25) is 4.98 Å². The van der Waals surface area contributed by atoms with E-state index in [0.29, 0.717) is 55.7 Å². The summed E-state index contributed by atoms with van der Waals surface area (Å²) in [6.07, 6.45) is 3.06. The molecule has 0 atom stereocenters. The molecule has 0 aliphatic carbocycles. The van der Waals surface area contributed by atoms with Crippen molar-refractivity contribution in [3.63, 3.8) is 0 Å². The quantitative estimate of drug-likeness (QED) is 0.658. The fourth-order valence-electron chi connectivity index (χ4n) is 3.36. The average Bonchev–Trinajstić information content (AvgIpc) is 2.80. The Hall–Kier alpha value is -3.55. The molecule has 1 aliphatic rings. The molecule has 1 aromatic carbocycles. The molecule has 3 heterocycles. The molecule has 3 aromatic rings. The average molecular weight is 407 g/mol. The molecule has 7 nitrogen and oxygen atoms in total. The van der Waals surface area contributed by atoms with Crippen LogP contribution >= 0.6 is 0 Å². The summed E-state index contributed by atoms with van der Waals surface area (Å²) in [5, 5.41) is 0. The van der Waals surface area contributed by atoms with E-state index >= 15 is 0 Å². The zero-order valence-corrected chi connectivity index (χ0v) is 16.7. The molecule has 30 heavy (non-hydrogen) atoms. The molecule has 1 amide bonds. The van der Waals surface area contributed by atoms with Crippen molar-refractivity contribution in [3.8, 4) is 22.6 Å². The van der Waals surface area contributed by atoms with Gasteiger partial charge in [0.25, 0.3) is 0 Å². The summed E-state index contributed by atoms with van der Waals surface area (Å²) in [5.74, 6) is 0.823. The van der Waals surface area contributed by atoms with Gasteiger partial charge in [-0.15, -0.1) is 0 Å². The predicted octanol–water partition coefficient (Wildman–Crippen LogP) is 3.62. The van der Waals surface area contributed by atoms with Crippen LogP contribution in [-0.2, 0) is 4.74 Å². The SMILES string of the molecule is CCOC(=O)N1CCN(c2cc(-c3ccccc3F)nc(-c3cccnc3)n2)CC1. The van der Waals surface area contributed by atoms with E-state index in [1.54, 1.807) is 48.5 Å². The lowest BCUT2D eigenvalue weighted by molar-refractivity contribution is 0.105. The molecule has 0 saturated carbocycles. The van der Waals surface area contributed by atoms with Gasteiger partial charge in [-0.1, -0.05) is 12.1 Å². The molecular weight excluding hydrogens is 385 g/mol. The highest BCUT2D eigenvalue weighted by atomic mass is 19.1.